The van der Waals surface area contributed by atoms with Crippen molar-refractivity contribution >= 4 is 11.9 Å². The highest BCUT2D eigenvalue weighted by molar-refractivity contribution is 5.88. The summed E-state index contributed by atoms with van der Waals surface area (Å²) in [5.74, 6) is -1.82. The summed E-state index contributed by atoms with van der Waals surface area (Å²) in [6, 6.07) is 10.7. The first-order valence-corrected chi connectivity index (χ1v) is 7.86. The Bertz CT molecular complexity index is 615. The number of hydrogen-bond acceptors (Lipinski definition) is 6. The van der Waals surface area contributed by atoms with E-state index in [2.05, 4.69) is 10.6 Å². The number of aromatic hydroxyl groups is 2. The van der Waals surface area contributed by atoms with Crippen LogP contribution in [0, 0.1) is 0 Å². The van der Waals surface area contributed by atoms with Gasteiger partial charge in [0.05, 0.1) is 11.1 Å². The van der Waals surface area contributed by atoms with Crippen LogP contribution in [-0.2, 0) is 0 Å². The first kappa shape index (κ1) is 20.9. The maximum absolute atomic E-state index is 10.2. The van der Waals surface area contributed by atoms with Crippen molar-refractivity contribution < 1.29 is 30.0 Å². The molecule has 1 heterocycles. The first-order chi connectivity index (χ1) is 12.4. The third-order valence-corrected chi connectivity index (χ3v) is 3.19. The normalized spacial score (nSPS) is 12.6. The van der Waals surface area contributed by atoms with Crippen LogP contribution in [0.1, 0.15) is 20.7 Å². The third-order valence-electron chi connectivity index (χ3n) is 3.19. The molecule has 0 atom stereocenters. The van der Waals surface area contributed by atoms with Crippen LogP contribution < -0.4 is 10.6 Å². The van der Waals surface area contributed by atoms with E-state index in [0.29, 0.717) is 0 Å². The highest BCUT2D eigenvalue weighted by Gasteiger charge is 2.00. The molecule has 0 aliphatic carbocycles. The van der Waals surface area contributed by atoms with Crippen molar-refractivity contribution in [3.05, 3.63) is 59.7 Å². The lowest BCUT2D eigenvalue weighted by atomic mass is 10.2. The minimum Gasteiger partial charge on any atom is -0.508 e. The lowest BCUT2D eigenvalue weighted by molar-refractivity contribution is 0.0686. The number of carboxylic acid groups (broad SMARTS) is 2. The number of rotatable bonds is 2. The summed E-state index contributed by atoms with van der Waals surface area (Å²) in [5, 5.41) is 40.7. The largest absolute Gasteiger partial charge is 0.508 e. The lowest BCUT2D eigenvalue weighted by Crippen LogP contribution is -2.39. The molecular formula is C18H22N2O6. The topological polar surface area (TPSA) is 139 Å². The average molecular weight is 362 g/mol. The molecule has 0 saturated carbocycles. The van der Waals surface area contributed by atoms with Gasteiger partial charge in [0.1, 0.15) is 11.5 Å². The van der Waals surface area contributed by atoms with E-state index in [1.54, 1.807) is 0 Å². The summed E-state index contributed by atoms with van der Waals surface area (Å²) >= 11 is 0. The number of carbonyl (C=O) groups is 2. The van der Waals surface area contributed by atoms with Crippen LogP contribution in [0.5, 0.6) is 11.5 Å². The molecule has 0 radical (unpaired) electrons. The Morgan fingerprint density at radius 2 is 0.885 bits per heavy atom. The highest BCUT2D eigenvalue weighted by atomic mass is 16.4. The lowest BCUT2D eigenvalue weighted by Gasteiger charge is -2.11. The van der Waals surface area contributed by atoms with Crippen molar-refractivity contribution in [2.45, 2.75) is 0 Å². The van der Waals surface area contributed by atoms with E-state index in [9.17, 15) is 9.59 Å². The summed E-state index contributed by atoms with van der Waals surface area (Å²) in [4.78, 5) is 20.5. The van der Waals surface area contributed by atoms with Crippen molar-refractivity contribution in [1.82, 2.24) is 10.6 Å². The summed E-state index contributed by atoms with van der Waals surface area (Å²) in [6.45, 7) is 4.56. The van der Waals surface area contributed by atoms with Gasteiger partial charge in [-0.1, -0.05) is 0 Å². The highest BCUT2D eigenvalue weighted by Crippen LogP contribution is 2.09. The second-order valence-electron chi connectivity index (χ2n) is 5.20. The number of piperazine rings is 1. The Morgan fingerprint density at radius 1 is 0.615 bits per heavy atom. The number of aromatic carboxylic acids is 2. The molecule has 2 aromatic rings. The van der Waals surface area contributed by atoms with E-state index in [1.165, 1.54) is 48.5 Å². The second kappa shape index (κ2) is 11.5. The fourth-order valence-corrected chi connectivity index (χ4v) is 1.81. The molecule has 140 valence electrons. The van der Waals surface area contributed by atoms with Crippen molar-refractivity contribution in [2.24, 2.45) is 0 Å². The van der Waals surface area contributed by atoms with Crippen LogP contribution >= 0.6 is 0 Å². The fourth-order valence-electron chi connectivity index (χ4n) is 1.81. The molecule has 6 N–H and O–H groups in total. The van der Waals surface area contributed by atoms with Gasteiger partial charge < -0.3 is 31.1 Å². The molecule has 8 heteroatoms. The number of hydrogen-bond donors (Lipinski definition) is 6. The zero-order chi connectivity index (χ0) is 19.4. The second-order valence-corrected chi connectivity index (χ2v) is 5.20. The van der Waals surface area contributed by atoms with E-state index in [1.807, 2.05) is 0 Å². The molecule has 1 fully saturated rings. The van der Waals surface area contributed by atoms with Crippen LogP contribution in [0.25, 0.3) is 0 Å². The van der Waals surface area contributed by atoms with Gasteiger partial charge >= 0.3 is 11.9 Å². The van der Waals surface area contributed by atoms with Gasteiger partial charge in [-0.25, -0.2) is 9.59 Å². The van der Waals surface area contributed by atoms with Gasteiger partial charge in [-0.05, 0) is 48.5 Å². The minimum absolute atomic E-state index is 0.0741. The zero-order valence-corrected chi connectivity index (χ0v) is 14.1. The molecule has 1 saturated heterocycles. The van der Waals surface area contributed by atoms with Crippen LogP contribution in [0.2, 0.25) is 0 Å². The van der Waals surface area contributed by atoms with Crippen molar-refractivity contribution in [1.29, 1.82) is 0 Å². The zero-order valence-electron chi connectivity index (χ0n) is 14.1. The number of phenolic OH excluding ortho intramolecular Hbond substituents is 2. The van der Waals surface area contributed by atoms with Crippen molar-refractivity contribution in [2.75, 3.05) is 26.2 Å². The molecule has 2 aromatic carbocycles. The molecule has 0 unspecified atom stereocenters. The number of benzene rings is 2. The van der Waals surface area contributed by atoms with Gasteiger partial charge in [0.25, 0.3) is 0 Å². The van der Waals surface area contributed by atoms with Crippen molar-refractivity contribution in [3.8, 4) is 11.5 Å². The third kappa shape index (κ3) is 8.67. The molecule has 0 amide bonds. The summed E-state index contributed by atoms with van der Waals surface area (Å²) < 4.78 is 0. The monoisotopic (exact) mass is 362 g/mol. The van der Waals surface area contributed by atoms with Crippen LogP contribution in [0.15, 0.2) is 48.5 Å². The number of phenols is 2. The van der Waals surface area contributed by atoms with Crippen LogP contribution in [0.4, 0.5) is 0 Å². The van der Waals surface area contributed by atoms with E-state index >= 15 is 0 Å². The average Bonchev–Trinajstić information content (AvgIpc) is 2.65. The predicted octanol–water partition coefficient (Wildman–Crippen LogP) is 1.36. The number of carboxylic acids is 2. The summed E-state index contributed by atoms with van der Waals surface area (Å²) in [7, 11) is 0. The standard InChI is InChI=1S/2C7H6O3.C4H10N2/c2*8-6-3-1-5(2-4-6)7(9)10;1-2-6-4-3-5-1/h2*1-4,8H,(H,9,10);5-6H,1-4H2. The van der Waals surface area contributed by atoms with Gasteiger partial charge in [0.15, 0.2) is 0 Å². The Kier molecular flexibility index (Phi) is 9.23. The Balaban J connectivity index is 0.000000201. The van der Waals surface area contributed by atoms with Gasteiger partial charge in [-0.2, -0.15) is 0 Å². The Labute approximate surface area is 150 Å². The van der Waals surface area contributed by atoms with Crippen LogP contribution in [0.3, 0.4) is 0 Å². The van der Waals surface area contributed by atoms with Gasteiger partial charge in [0.2, 0.25) is 0 Å². The molecular weight excluding hydrogens is 340 g/mol. The molecule has 0 spiro atoms. The summed E-state index contributed by atoms with van der Waals surface area (Å²) in [5.41, 5.74) is 0.357. The molecule has 3 rings (SSSR count). The first-order valence-electron chi connectivity index (χ1n) is 7.86. The minimum atomic E-state index is -0.986. The quantitative estimate of drug-likeness (QED) is 0.471. The molecule has 8 nitrogen and oxygen atoms in total. The van der Waals surface area contributed by atoms with Crippen LogP contribution in [-0.4, -0.2) is 58.5 Å². The smallest absolute Gasteiger partial charge is 0.335 e. The molecule has 0 aromatic heterocycles. The number of nitrogens with one attached hydrogen (secondary N) is 2. The van der Waals surface area contributed by atoms with Gasteiger partial charge in [0, 0.05) is 26.2 Å². The van der Waals surface area contributed by atoms with Gasteiger partial charge in [-0.15, -0.1) is 0 Å². The molecule has 1 aliphatic rings. The predicted molar refractivity (Wildman–Crippen MR) is 95.9 cm³/mol. The summed E-state index contributed by atoms with van der Waals surface area (Å²) in [6.07, 6.45) is 0. The maximum Gasteiger partial charge on any atom is 0.335 e. The fraction of sp³-hybridized carbons (Fsp3) is 0.222. The van der Waals surface area contributed by atoms with E-state index in [4.69, 9.17) is 20.4 Å². The Morgan fingerprint density at radius 3 is 1.08 bits per heavy atom. The van der Waals surface area contributed by atoms with Crippen molar-refractivity contribution in [3.63, 3.8) is 0 Å². The Hall–Kier alpha value is -3.10. The SMILES string of the molecule is C1CNCCN1.O=C(O)c1ccc(O)cc1.O=C(O)c1ccc(O)cc1. The van der Waals surface area contributed by atoms with E-state index in [-0.39, 0.29) is 22.6 Å². The van der Waals surface area contributed by atoms with E-state index < -0.39 is 11.9 Å². The van der Waals surface area contributed by atoms with E-state index in [0.717, 1.165) is 26.2 Å². The molecule has 0 bridgehead atoms. The molecule has 26 heavy (non-hydrogen) atoms. The maximum atomic E-state index is 10.2. The molecule has 1 aliphatic heterocycles. The van der Waals surface area contributed by atoms with Gasteiger partial charge in [-0.3, -0.25) is 0 Å².